The molecule has 1 aromatic carbocycles. The maximum Gasteiger partial charge on any atom is 0.246 e. The summed E-state index contributed by atoms with van der Waals surface area (Å²) in [5.41, 5.74) is 8.54. The van der Waals surface area contributed by atoms with Gasteiger partial charge in [0, 0.05) is 68.1 Å². The van der Waals surface area contributed by atoms with Crippen LogP contribution >= 0.6 is 11.3 Å². The number of aliphatic imine (C=N–C) groups is 1. The molecule has 3 aromatic heterocycles. The Labute approximate surface area is 331 Å². The van der Waals surface area contributed by atoms with E-state index in [0.29, 0.717) is 25.3 Å². The normalized spacial score (nSPS) is 19.5. The molecule has 4 amide bonds. The van der Waals surface area contributed by atoms with E-state index in [9.17, 15) is 24.3 Å². The zero-order chi connectivity index (χ0) is 39.8. The van der Waals surface area contributed by atoms with Crippen molar-refractivity contribution in [1.29, 1.82) is 0 Å². The Hall–Kier alpha value is -5.08. The zero-order valence-electron chi connectivity index (χ0n) is 33.0. The fourth-order valence-corrected chi connectivity index (χ4v) is 9.62. The lowest BCUT2D eigenvalue weighted by Gasteiger charge is -2.31. The van der Waals surface area contributed by atoms with Gasteiger partial charge in [-0.3, -0.25) is 24.2 Å². The van der Waals surface area contributed by atoms with Gasteiger partial charge in [-0.2, -0.15) is 0 Å². The summed E-state index contributed by atoms with van der Waals surface area (Å²) < 4.78 is 3.38. The van der Waals surface area contributed by atoms with E-state index in [2.05, 4.69) is 63.1 Å². The highest BCUT2D eigenvalue weighted by molar-refractivity contribution is 7.18. The molecule has 4 aromatic rings. The van der Waals surface area contributed by atoms with Gasteiger partial charge in [-0.25, -0.2) is 4.98 Å². The van der Waals surface area contributed by atoms with Gasteiger partial charge >= 0.3 is 0 Å². The maximum absolute atomic E-state index is 13.6. The van der Waals surface area contributed by atoms with Crippen molar-refractivity contribution in [1.82, 2.24) is 35.0 Å². The lowest BCUT2D eigenvalue weighted by atomic mass is 9.98. The van der Waals surface area contributed by atoms with E-state index in [1.54, 1.807) is 16.2 Å². The monoisotopic (exact) mass is 780 g/mol. The number of benzene rings is 1. The first-order valence-electron chi connectivity index (χ1n) is 19.6. The third-order valence-electron chi connectivity index (χ3n) is 11.3. The lowest BCUT2D eigenvalue weighted by molar-refractivity contribution is -0.139. The fourth-order valence-electron chi connectivity index (χ4n) is 8.46. The minimum absolute atomic E-state index is 0.0150. The molecule has 2 fully saturated rings. The molecule has 2 saturated heterocycles. The van der Waals surface area contributed by atoms with Gasteiger partial charge in [-0.05, 0) is 54.2 Å². The molecule has 4 N–H and O–H groups in total. The highest BCUT2D eigenvalue weighted by atomic mass is 32.1. The molecule has 3 aliphatic rings. The van der Waals surface area contributed by atoms with Crippen molar-refractivity contribution in [3.63, 3.8) is 0 Å². The minimum Gasteiger partial charge on any atom is -0.387 e. The Morgan fingerprint density at radius 3 is 2.18 bits per heavy atom. The van der Waals surface area contributed by atoms with Gasteiger partial charge in [0.15, 0.2) is 0 Å². The third kappa shape index (κ3) is 7.56. The van der Waals surface area contributed by atoms with Crippen molar-refractivity contribution >= 4 is 56.5 Å². The predicted molar refractivity (Wildman–Crippen MR) is 219 cm³/mol. The van der Waals surface area contributed by atoms with E-state index in [4.69, 9.17) is 9.98 Å². The van der Waals surface area contributed by atoms with E-state index in [1.165, 1.54) is 11.6 Å². The van der Waals surface area contributed by atoms with Gasteiger partial charge in [-0.1, -0.05) is 52.0 Å². The van der Waals surface area contributed by atoms with Crippen LogP contribution in [-0.4, -0.2) is 96.6 Å². The predicted octanol–water partition coefficient (Wildman–Crippen LogP) is 5.43. The summed E-state index contributed by atoms with van der Waals surface area (Å²) in [6.45, 7) is 9.72. The molecule has 7 rings (SSSR count). The molecule has 14 heteroatoms. The van der Waals surface area contributed by atoms with Gasteiger partial charge in [0.25, 0.3) is 0 Å². The average molecular weight is 781 g/mol. The first-order valence-corrected chi connectivity index (χ1v) is 20.5. The van der Waals surface area contributed by atoms with Crippen LogP contribution in [0.2, 0.25) is 0 Å². The molecule has 0 spiro atoms. The Morgan fingerprint density at radius 1 is 0.911 bits per heavy atom. The molecule has 6 heterocycles. The topological polar surface area (TPSA) is 165 Å². The Balaban J connectivity index is 1.04. The molecule has 56 heavy (non-hydrogen) atoms. The number of carbonyl (C=O) groups excluding carboxylic acids is 4. The number of nitrogens with zero attached hydrogens (tertiary/aromatic N) is 5. The smallest absolute Gasteiger partial charge is 0.246 e. The van der Waals surface area contributed by atoms with Crippen LogP contribution in [0.4, 0.5) is 0 Å². The molecule has 296 valence electrons. The van der Waals surface area contributed by atoms with Crippen LogP contribution in [0.3, 0.4) is 0 Å². The van der Waals surface area contributed by atoms with Gasteiger partial charge in [-0.15, -0.1) is 11.3 Å². The average Bonchev–Trinajstić information content (AvgIpc) is 4.03. The molecule has 0 aliphatic carbocycles. The molecule has 3 aliphatic heterocycles. The van der Waals surface area contributed by atoms with Crippen molar-refractivity contribution in [2.75, 3.05) is 19.7 Å². The summed E-state index contributed by atoms with van der Waals surface area (Å²) >= 11 is 1.72. The van der Waals surface area contributed by atoms with Crippen molar-refractivity contribution in [2.24, 2.45) is 23.9 Å². The van der Waals surface area contributed by atoms with Crippen LogP contribution in [0.5, 0.6) is 0 Å². The molecule has 2 unspecified atom stereocenters. The largest absolute Gasteiger partial charge is 0.387 e. The zero-order valence-corrected chi connectivity index (χ0v) is 33.8. The summed E-state index contributed by atoms with van der Waals surface area (Å²) in [6.07, 6.45) is 10.0. The quantitative estimate of drug-likeness (QED) is 0.150. The van der Waals surface area contributed by atoms with Crippen molar-refractivity contribution in [3.8, 4) is 22.4 Å². The Morgan fingerprint density at radius 2 is 1.54 bits per heavy atom. The first kappa shape index (κ1) is 39.2. The minimum atomic E-state index is -0.720. The van der Waals surface area contributed by atoms with Crippen LogP contribution in [-0.2, 0) is 26.2 Å². The van der Waals surface area contributed by atoms with Gasteiger partial charge in [0.05, 0.1) is 34.2 Å². The fraction of sp³-hybridized carbons (Fsp3) is 0.476. The Bertz CT molecular complexity index is 2190. The number of hydrogen-bond acceptors (Lipinski definition) is 8. The number of aryl methyl sites for hydroxylation is 1. The molecular weight excluding hydrogens is 729 g/mol. The number of fused-ring (bicyclic) bond motifs is 1. The van der Waals surface area contributed by atoms with Crippen molar-refractivity contribution in [3.05, 3.63) is 59.6 Å². The number of carbonyl (C=O) groups is 4. The number of aromatic nitrogens is 3. The van der Waals surface area contributed by atoms with Crippen LogP contribution < -0.4 is 10.6 Å². The second kappa shape index (κ2) is 16.2. The highest BCUT2D eigenvalue weighted by Crippen LogP contribution is 2.42. The van der Waals surface area contributed by atoms with Crippen LogP contribution in [0.1, 0.15) is 84.2 Å². The molecular formula is C42H52N8O5S. The molecule has 13 nitrogen and oxygen atoms in total. The second-order valence-electron chi connectivity index (χ2n) is 15.9. The second-order valence-corrected chi connectivity index (χ2v) is 16.8. The van der Waals surface area contributed by atoms with Gasteiger partial charge in [0.1, 0.15) is 24.5 Å². The van der Waals surface area contributed by atoms with E-state index in [-0.39, 0.29) is 41.6 Å². The summed E-state index contributed by atoms with van der Waals surface area (Å²) in [6, 6.07) is 6.85. The highest BCUT2D eigenvalue weighted by Gasteiger charge is 2.39. The van der Waals surface area contributed by atoms with E-state index >= 15 is 0 Å². The number of nitrogens with one attached hydrogen (secondary N) is 3. The summed E-state index contributed by atoms with van der Waals surface area (Å²) in [5, 5.41) is 17.0. The van der Waals surface area contributed by atoms with Gasteiger partial charge < -0.3 is 35.1 Å². The number of imidazole rings is 1. The summed E-state index contributed by atoms with van der Waals surface area (Å²) in [4.78, 5) is 67.8. The molecule has 4 atom stereocenters. The van der Waals surface area contributed by atoms with Gasteiger partial charge in [0.2, 0.25) is 23.6 Å². The molecule has 0 saturated carbocycles. The summed E-state index contributed by atoms with van der Waals surface area (Å²) in [7, 11) is 2.08. The number of allylic oxidation sites excluding steroid dienone is 1. The standard InChI is InChI=1S/C42H52N8O5S/c1-23(2)36(45-25(5)52)41(54)49-15-7-9-33(49)31-17-28(18-43-31)30-22-56-39-29(20-48(6)38(30)39)26-11-13-27(14-12-26)32-19-44-40(46-32)34-10-8-16-50(34)42(55)37(24(3)4)47-35(53)21-51/h11-14,18-20,22-24,33-34,36-37,51H,7-10,15-17,21H2,1-6H3,(H,44,46)(H,45,52)(H,47,53)/t33?,34?,36-,37-/m0/s1. The molecule has 0 radical (unpaired) electrons. The number of hydrogen-bond donors (Lipinski definition) is 4. The number of aliphatic hydroxyl groups is 1. The van der Waals surface area contributed by atoms with Crippen LogP contribution in [0.15, 0.2) is 53.2 Å². The third-order valence-corrected chi connectivity index (χ3v) is 12.3. The number of rotatable bonds is 12. The van der Waals surface area contributed by atoms with Crippen molar-refractivity contribution < 1.29 is 24.3 Å². The summed E-state index contributed by atoms with van der Waals surface area (Å²) in [5.74, 6) is -0.397. The van der Waals surface area contributed by atoms with E-state index < -0.39 is 24.6 Å². The number of thiophene rings is 1. The van der Waals surface area contributed by atoms with E-state index in [0.717, 1.165) is 70.4 Å². The van der Waals surface area contributed by atoms with Crippen LogP contribution in [0, 0.1) is 11.8 Å². The number of aliphatic hydroxyl groups excluding tert-OH is 1. The van der Waals surface area contributed by atoms with Crippen molar-refractivity contribution in [2.45, 2.75) is 90.9 Å². The SMILES string of the molecule is CC(=O)N[C@H](C(=O)N1CCCC1C1=NC=C(c2csc3c(-c4ccc(-c5cnc(C6CCCN6C(=O)[C@@H](NC(=O)CO)C(C)C)[nH]5)cc4)cn(C)c23)C1)C(C)C. The maximum atomic E-state index is 13.6. The number of aromatic amines is 1. The van der Waals surface area contributed by atoms with Crippen LogP contribution in [0.25, 0.3) is 38.2 Å². The lowest BCUT2D eigenvalue weighted by Crippen LogP contribution is -2.53. The molecule has 0 bridgehead atoms. The number of H-pyrrole nitrogens is 1. The Kier molecular flexibility index (Phi) is 11.3. The number of likely N-dealkylation sites (tertiary alicyclic amines) is 2. The number of amides is 4. The first-order chi connectivity index (χ1) is 26.9. The van der Waals surface area contributed by atoms with E-state index in [1.807, 2.05) is 45.0 Å².